The van der Waals surface area contributed by atoms with Crippen molar-refractivity contribution >= 4 is 40.9 Å². The topological polar surface area (TPSA) is 57.6 Å². The van der Waals surface area contributed by atoms with Gasteiger partial charge in [-0.25, -0.2) is 0 Å². The Kier molecular flexibility index (Phi) is 4.59. The lowest BCUT2D eigenvalue weighted by molar-refractivity contribution is -0.136. The number of carbonyl (C=O) groups is 2. The van der Waals surface area contributed by atoms with Crippen LogP contribution in [-0.2, 0) is 16.0 Å². The lowest BCUT2D eigenvalue weighted by atomic mass is 10.1. The highest BCUT2D eigenvalue weighted by Crippen LogP contribution is 2.40. The van der Waals surface area contributed by atoms with E-state index < -0.39 is 5.97 Å². The van der Waals surface area contributed by atoms with Crippen LogP contribution in [0, 0.1) is 0 Å². The average molecular weight is 348 g/mol. The fourth-order valence-corrected chi connectivity index (χ4v) is 3.93. The molecule has 1 heterocycles. The molecule has 23 heavy (non-hydrogen) atoms. The number of amides is 1. The fourth-order valence-electron chi connectivity index (χ4n) is 2.54. The van der Waals surface area contributed by atoms with E-state index in [1.807, 2.05) is 24.3 Å². The summed E-state index contributed by atoms with van der Waals surface area (Å²) < 4.78 is 0. The maximum atomic E-state index is 12.7. The van der Waals surface area contributed by atoms with Crippen molar-refractivity contribution in [3.05, 3.63) is 59.1 Å². The largest absolute Gasteiger partial charge is 0.480 e. The van der Waals surface area contributed by atoms with Gasteiger partial charge >= 0.3 is 5.97 Å². The molecule has 0 fully saturated rings. The SMILES string of the molecule is O=C(O)CN1C(=O)C(Cc2ccc(Cl)cc2)Sc2ccccc21. The molecule has 118 valence electrons. The van der Waals surface area contributed by atoms with Crippen LogP contribution >= 0.6 is 23.4 Å². The summed E-state index contributed by atoms with van der Waals surface area (Å²) in [6, 6.07) is 14.7. The third-order valence-corrected chi connectivity index (χ3v) is 5.10. The van der Waals surface area contributed by atoms with Crippen molar-refractivity contribution < 1.29 is 14.7 Å². The average Bonchev–Trinajstić information content (AvgIpc) is 2.53. The third-order valence-electron chi connectivity index (χ3n) is 3.59. The van der Waals surface area contributed by atoms with E-state index in [1.165, 1.54) is 16.7 Å². The summed E-state index contributed by atoms with van der Waals surface area (Å²) in [5, 5.41) is 9.41. The molecule has 0 aromatic heterocycles. The van der Waals surface area contributed by atoms with Crippen molar-refractivity contribution in [2.45, 2.75) is 16.6 Å². The summed E-state index contributed by atoms with van der Waals surface area (Å²) in [4.78, 5) is 26.1. The van der Waals surface area contributed by atoms with Gasteiger partial charge in [0, 0.05) is 9.92 Å². The van der Waals surface area contributed by atoms with Gasteiger partial charge in [0.05, 0.1) is 10.9 Å². The Labute approximate surface area is 143 Å². The fraction of sp³-hybridized carbons (Fsp3) is 0.176. The molecule has 3 rings (SSSR count). The Morgan fingerprint density at radius 1 is 1.17 bits per heavy atom. The maximum Gasteiger partial charge on any atom is 0.323 e. The number of benzene rings is 2. The van der Waals surface area contributed by atoms with Gasteiger partial charge < -0.3 is 5.11 Å². The number of carboxylic acids is 1. The van der Waals surface area contributed by atoms with Crippen molar-refractivity contribution in [3.63, 3.8) is 0 Å². The van der Waals surface area contributed by atoms with Gasteiger partial charge in [-0.1, -0.05) is 35.9 Å². The lowest BCUT2D eigenvalue weighted by Crippen LogP contribution is -2.44. The molecule has 0 radical (unpaired) electrons. The molecule has 1 amide bonds. The number of halogens is 1. The number of carbonyl (C=O) groups excluding carboxylic acids is 1. The van der Waals surface area contributed by atoms with Crippen molar-refractivity contribution in [1.82, 2.24) is 0 Å². The number of nitrogens with zero attached hydrogens (tertiary/aromatic N) is 1. The summed E-state index contributed by atoms with van der Waals surface area (Å²) in [5.41, 5.74) is 1.66. The minimum Gasteiger partial charge on any atom is -0.480 e. The molecule has 0 saturated heterocycles. The number of fused-ring (bicyclic) bond motifs is 1. The smallest absolute Gasteiger partial charge is 0.323 e. The van der Waals surface area contributed by atoms with E-state index in [1.54, 1.807) is 24.3 Å². The maximum absolute atomic E-state index is 12.7. The Morgan fingerprint density at radius 3 is 2.57 bits per heavy atom. The molecule has 4 nitrogen and oxygen atoms in total. The van der Waals surface area contributed by atoms with Gasteiger partial charge in [0.25, 0.3) is 0 Å². The Balaban J connectivity index is 1.89. The van der Waals surface area contributed by atoms with E-state index in [0.717, 1.165) is 10.5 Å². The summed E-state index contributed by atoms with van der Waals surface area (Å²) in [5.74, 6) is -1.20. The molecule has 0 bridgehead atoms. The summed E-state index contributed by atoms with van der Waals surface area (Å²) in [7, 11) is 0. The second kappa shape index (κ2) is 6.64. The standard InChI is InChI=1S/C17H14ClNO3S/c18-12-7-5-11(6-8-12)9-15-17(22)19(10-16(20)21)13-3-1-2-4-14(13)23-15/h1-8,15H,9-10H2,(H,20,21). The van der Waals surface area contributed by atoms with E-state index in [9.17, 15) is 9.59 Å². The number of anilines is 1. The van der Waals surface area contributed by atoms with Crippen LogP contribution in [0.3, 0.4) is 0 Å². The van der Waals surface area contributed by atoms with Gasteiger partial charge in [0.15, 0.2) is 0 Å². The Bertz CT molecular complexity index is 748. The zero-order valence-electron chi connectivity index (χ0n) is 12.1. The number of para-hydroxylation sites is 1. The molecular formula is C17H14ClNO3S. The van der Waals surface area contributed by atoms with Crippen LogP contribution in [0.4, 0.5) is 5.69 Å². The second-order valence-electron chi connectivity index (χ2n) is 5.22. The molecule has 0 spiro atoms. The van der Waals surface area contributed by atoms with E-state index in [4.69, 9.17) is 16.7 Å². The normalized spacial score (nSPS) is 17.0. The Hall–Kier alpha value is -1.98. The highest BCUT2D eigenvalue weighted by atomic mass is 35.5. The van der Waals surface area contributed by atoms with Crippen LogP contribution in [0.1, 0.15) is 5.56 Å². The molecule has 2 aromatic carbocycles. The molecule has 6 heteroatoms. The third kappa shape index (κ3) is 3.51. The van der Waals surface area contributed by atoms with Gasteiger partial charge in [-0.3, -0.25) is 14.5 Å². The van der Waals surface area contributed by atoms with Crippen molar-refractivity contribution in [1.29, 1.82) is 0 Å². The van der Waals surface area contributed by atoms with Crippen molar-refractivity contribution in [2.75, 3.05) is 11.4 Å². The molecule has 0 aliphatic carbocycles. The molecule has 1 N–H and O–H groups in total. The number of hydrogen-bond acceptors (Lipinski definition) is 3. The number of hydrogen-bond donors (Lipinski definition) is 1. The van der Waals surface area contributed by atoms with Crippen LogP contribution in [0.15, 0.2) is 53.4 Å². The number of thioether (sulfide) groups is 1. The number of aliphatic carboxylic acids is 1. The molecule has 1 aliphatic rings. The molecule has 1 atom stereocenters. The molecule has 1 unspecified atom stereocenters. The molecule has 2 aromatic rings. The first-order chi connectivity index (χ1) is 11.0. The summed E-state index contributed by atoms with van der Waals surface area (Å²) >= 11 is 7.36. The number of rotatable bonds is 4. The molecular weight excluding hydrogens is 334 g/mol. The highest BCUT2D eigenvalue weighted by molar-refractivity contribution is 8.01. The number of carboxylic acid groups (broad SMARTS) is 1. The first kappa shape index (κ1) is 15.9. The first-order valence-electron chi connectivity index (χ1n) is 7.08. The van der Waals surface area contributed by atoms with Crippen molar-refractivity contribution in [2.24, 2.45) is 0 Å². The van der Waals surface area contributed by atoms with E-state index in [0.29, 0.717) is 17.1 Å². The monoisotopic (exact) mass is 347 g/mol. The quantitative estimate of drug-likeness (QED) is 0.920. The van der Waals surface area contributed by atoms with Gasteiger partial charge in [0.2, 0.25) is 5.91 Å². The van der Waals surface area contributed by atoms with Crippen LogP contribution in [0.5, 0.6) is 0 Å². The van der Waals surface area contributed by atoms with E-state index in [2.05, 4.69) is 0 Å². The van der Waals surface area contributed by atoms with Crippen LogP contribution < -0.4 is 4.90 Å². The van der Waals surface area contributed by atoms with Gasteiger partial charge in [-0.2, -0.15) is 0 Å². The van der Waals surface area contributed by atoms with Gasteiger partial charge in [-0.05, 0) is 36.2 Å². The molecule has 0 saturated carbocycles. The van der Waals surface area contributed by atoms with E-state index >= 15 is 0 Å². The minimum absolute atomic E-state index is 0.175. The second-order valence-corrected chi connectivity index (χ2v) is 6.90. The summed E-state index contributed by atoms with van der Waals surface area (Å²) in [6.07, 6.45) is 0.533. The van der Waals surface area contributed by atoms with Crippen molar-refractivity contribution in [3.8, 4) is 0 Å². The van der Waals surface area contributed by atoms with E-state index in [-0.39, 0.29) is 17.7 Å². The minimum atomic E-state index is -1.02. The predicted octanol–water partition coefficient (Wildman–Crippen LogP) is 3.47. The van der Waals surface area contributed by atoms with Gasteiger partial charge in [-0.15, -0.1) is 11.8 Å². The first-order valence-corrected chi connectivity index (χ1v) is 8.33. The molecule has 1 aliphatic heterocycles. The highest BCUT2D eigenvalue weighted by Gasteiger charge is 2.34. The van der Waals surface area contributed by atoms with Gasteiger partial charge in [0.1, 0.15) is 6.54 Å². The lowest BCUT2D eigenvalue weighted by Gasteiger charge is -2.32. The zero-order valence-corrected chi connectivity index (χ0v) is 13.7. The van der Waals surface area contributed by atoms with Crippen LogP contribution in [-0.4, -0.2) is 28.8 Å². The summed E-state index contributed by atoms with van der Waals surface area (Å²) in [6.45, 7) is -0.326. The van der Waals surface area contributed by atoms with Crippen LogP contribution in [0.2, 0.25) is 5.02 Å². The zero-order chi connectivity index (χ0) is 16.4. The van der Waals surface area contributed by atoms with Crippen LogP contribution in [0.25, 0.3) is 0 Å². The Morgan fingerprint density at radius 2 is 1.87 bits per heavy atom. The predicted molar refractivity (Wildman–Crippen MR) is 91.2 cm³/mol.